The van der Waals surface area contributed by atoms with Crippen molar-refractivity contribution in [3.05, 3.63) is 28.2 Å². The molecule has 1 N–H and O–H groups in total. The minimum absolute atomic E-state index is 0.214. The number of nitrogens with one attached hydrogen (secondary N) is 1. The van der Waals surface area contributed by atoms with Crippen LogP contribution in [0, 0.1) is 16.7 Å². The minimum Gasteiger partial charge on any atom is -0.550 e. The highest BCUT2D eigenvalue weighted by molar-refractivity contribution is 6.42. The molecule has 0 heterocycles. The Hall–Kier alpha value is -1.26. The third-order valence-electron chi connectivity index (χ3n) is 5.18. The molecule has 0 bridgehead atoms. The van der Waals surface area contributed by atoms with Crippen molar-refractivity contribution >= 4 is 40.8 Å². The molecule has 1 aromatic rings. The summed E-state index contributed by atoms with van der Waals surface area (Å²) in [5.41, 5.74) is -1.18. The van der Waals surface area contributed by atoms with Crippen LogP contribution in [0.25, 0.3) is 0 Å². The first kappa shape index (κ1) is 17.1. The van der Waals surface area contributed by atoms with Crippen LogP contribution in [0.15, 0.2) is 18.2 Å². The van der Waals surface area contributed by atoms with Crippen molar-refractivity contribution in [1.82, 2.24) is 0 Å². The van der Waals surface area contributed by atoms with Gasteiger partial charge in [0.25, 0.3) is 0 Å². The van der Waals surface area contributed by atoms with Crippen molar-refractivity contribution in [2.45, 2.75) is 33.6 Å². The summed E-state index contributed by atoms with van der Waals surface area (Å²) in [5.74, 6) is -1.74. The van der Waals surface area contributed by atoms with Crippen LogP contribution in [-0.4, -0.2) is 11.9 Å². The number of carboxylic acid groups (broad SMARTS) is 1. The number of aliphatic carboxylic acids is 1. The molecule has 1 aromatic carbocycles. The van der Waals surface area contributed by atoms with E-state index in [4.69, 9.17) is 23.2 Å². The number of carbonyl (C=O) groups excluding carboxylic acids is 2. The van der Waals surface area contributed by atoms with Crippen molar-refractivity contribution in [3.63, 3.8) is 0 Å². The highest BCUT2D eigenvalue weighted by Crippen LogP contribution is 2.55. The van der Waals surface area contributed by atoms with Gasteiger partial charge in [-0.05, 0) is 36.5 Å². The number of carbonyl (C=O) groups is 2. The van der Waals surface area contributed by atoms with Gasteiger partial charge in [-0.25, -0.2) is 0 Å². The molecule has 1 fully saturated rings. The zero-order valence-corrected chi connectivity index (χ0v) is 14.2. The number of halogens is 2. The fourth-order valence-electron chi connectivity index (χ4n) is 3.13. The van der Waals surface area contributed by atoms with Crippen molar-refractivity contribution in [1.29, 1.82) is 0 Å². The molecule has 4 nitrogen and oxygen atoms in total. The minimum atomic E-state index is -1.11. The summed E-state index contributed by atoms with van der Waals surface area (Å²) in [4.78, 5) is 24.0. The summed E-state index contributed by atoms with van der Waals surface area (Å²) in [5, 5.41) is 15.0. The van der Waals surface area contributed by atoms with Gasteiger partial charge in [0.1, 0.15) is 0 Å². The first-order chi connectivity index (χ1) is 10.1. The highest BCUT2D eigenvalue weighted by atomic mass is 35.5. The summed E-state index contributed by atoms with van der Waals surface area (Å²) in [6.07, 6.45) is 0.923. The monoisotopic (exact) mass is 342 g/mol. The van der Waals surface area contributed by atoms with Crippen LogP contribution in [-0.2, 0) is 9.59 Å². The van der Waals surface area contributed by atoms with Crippen LogP contribution in [0.2, 0.25) is 10.0 Å². The Morgan fingerprint density at radius 1 is 1.23 bits per heavy atom. The number of anilines is 1. The van der Waals surface area contributed by atoms with Crippen molar-refractivity contribution in [2.24, 2.45) is 16.7 Å². The lowest BCUT2D eigenvalue weighted by atomic mass is 9.65. The predicted octanol–water partition coefficient (Wildman–Crippen LogP) is 3.12. The Morgan fingerprint density at radius 3 is 2.36 bits per heavy atom. The van der Waals surface area contributed by atoms with Gasteiger partial charge in [-0.15, -0.1) is 0 Å². The Balaban J connectivity index is 2.20. The summed E-state index contributed by atoms with van der Waals surface area (Å²) in [6.45, 7) is 5.25. The largest absolute Gasteiger partial charge is 0.550 e. The van der Waals surface area contributed by atoms with E-state index in [0.29, 0.717) is 28.6 Å². The molecule has 1 amide bonds. The van der Waals surface area contributed by atoms with Gasteiger partial charge in [-0.3, -0.25) is 4.79 Å². The Kier molecular flexibility index (Phi) is 4.46. The van der Waals surface area contributed by atoms with Crippen LogP contribution in [0.3, 0.4) is 0 Å². The lowest BCUT2D eigenvalue weighted by Gasteiger charge is -2.41. The first-order valence-corrected chi connectivity index (χ1v) is 7.82. The molecular formula is C16H18Cl2NO3-. The topological polar surface area (TPSA) is 69.2 Å². The average Bonchev–Trinajstić information content (AvgIpc) is 2.66. The van der Waals surface area contributed by atoms with Gasteiger partial charge in [-0.1, -0.05) is 44.0 Å². The summed E-state index contributed by atoms with van der Waals surface area (Å²) < 4.78 is 0. The SMILES string of the molecule is CC1(C)[C@H](C(=O)Nc2ccc(Cl)c(Cl)c2)CC[C@]1(C)C(=O)[O-]. The molecule has 22 heavy (non-hydrogen) atoms. The van der Waals surface area contributed by atoms with E-state index >= 15 is 0 Å². The molecule has 0 aliphatic heterocycles. The molecule has 1 aliphatic rings. The number of rotatable bonds is 3. The fourth-order valence-corrected chi connectivity index (χ4v) is 3.43. The second-order valence-corrected chi connectivity index (χ2v) is 7.37. The normalized spacial score (nSPS) is 26.7. The van der Waals surface area contributed by atoms with Crippen LogP contribution < -0.4 is 10.4 Å². The Morgan fingerprint density at radius 2 is 1.86 bits per heavy atom. The van der Waals surface area contributed by atoms with Crippen molar-refractivity contribution in [2.75, 3.05) is 5.32 Å². The third kappa shape index (κ3) is 2.70. The first-order valence-electron chi connectivity index (χ1n) is 7.07. The molecule has 120 valence electrons. The van der Waals surface area contributed by atoms with Crippen LogP contribution in [0.1, 0.15) is 33.6 Å². The van der Waals surface area contributed by atoms with Crippen molar-refractivity contribution in [3.8, 4) is 0 Å². The quantitative estimate of drug-likeness (QED) is 0.917. The number of hydrogen-bond acceptors (Lipinski definition) is 3. The van der Waals surface area contributed by atoms with Gasteiger partial charge in [0.15, 0.2) is 0 Å². The molecule has 0 aromatic heterocycles. The molecule has 1 aliphatic carbocycles. The number of hydrogen-bond donors (Lipinski definition) is 1. The molecule has 0 spiro atoms. The van der Waals surface area contributed by atoms with Crippen LogP contribution >= 0.6 is 23.2 Å². The van der Waals surface area contributed by atoms with E-state index in [2.05, 4.69) is 5.32 Å². The Bertz CT molecular complexity index is 630. The maximum absolute atomic E-state index is 12.5. The fraction of sp³-hybridized carbons (Fsp3) is 0.500. The van der Waals surface area contributed by atoms with E-state index in [0.717, 1.165) is 0 Å². The second kappa shape index (κ2) is 5.74. The maximum Gasteiger partial charge on any atom is 0.228 e. The molecule has 1 saturated carbocycles. The molecule has 0 radical (unpaired) electrons. The molecule has 0 saturated heterocycles. The smallest absolute Gasteiger partial charge is 0.228 e. The number of carboxylic acids is 1. The third-order valence-corrected chi connectivity index (χ3v) is 5.92. The van der Waals surface area contributed by atoms with Gasteiger partial charge >= 0.3 is 0 Å². The van der Waals surface area contributed by atoms with Gasteiger partial charge in [0, 0.05) is 23.0 Å². The van der Waals surface area contributed by atoms with Gasteiger partial charge in [0.05, 0.1) is 10.0 Å². The van der Waals surface area contributed by atoms with E-state index in [9.17, 15) is 14.7 Å². The standard InChI is InChI=1S/C16H19Cl2NO3/c1-15(2)10(6-7-16(15,3)14(21)22)13(20)19-9-4-5-11(17)12(18)8-9/h4-5,8,10H,6-7H2,1-3H3,(H,19,20)(H,21,22)/p-1/t10-,16+/m0/s1. The zero-order chi connectivity index (χ0) is 16.7. The Labute approximate surface area is 139 Å². The van der Waals surface area contributed by atoms with E-state index in [1.165, 1.54) is 0 Å². The summed E-state index contributed by atoms with van der Waals surface area (Å²) >= 11 is 11.8. The lowest BCUT2D eigenvalue weighted by Crippen LogP contribution is -2.49. The second-order valence-electron chi connectivity index (χ2n) is 6.55. The molecule has 6 heteroatoms. The lowest BCUT2D eigenvalue weighted by molar-refractivity contribution is -0.323. The van der Waals surface area contributed by atoms with E-state index in [-0.39, 0.29) is 5.91 Å². The van der Waals surface area contributed by atoms with E-state index in [1.54, 1.807) is 39.0 Å². The summed E-state index contributed by atoms with van der Waals surface area (Å²) in [7, 11) is 0. The summed E-state index contributed by atoms with van der Waals surface area (Å²) in [6, 6.07) is 4.83. The number of benzene rings is 1. The highest BCUT2D eigenvalue weighted by Gasteiger charge is 2.54. The average molecular weight is 343 g/mol. The molecular weight excluding hydrogens is 325 g/mol. The van der Waals surface area contributed by atoms with Gasteiger partial charge in [0.2, 0.25) is 5.91 Å². The maximum atomic E-state index is 12.5. The molecule has 2 atom stereocenters. The molecule has 0 unspecified atom stereocenters. The van der Waals surface area contributed by atoms with E-state index < -0.39 is 22.7 Å². The molecule has 2 rings (SSSR count). The zero-order valence-electron chi connectivity index (χ0n) is 12.7. The van der Waals surface area contributed by atoms with Gasteiger partial charge < -0.3 is 15.2 Å². The van der Waals surface area contributed by atoms with Gasteiger partial charge in [-0.2, -0.15) is 0 Å². The van der Waals surface area contributed by atoms with Crippen molar-refractivity contribution < 1.29 is 14.7 Å². The number of amides is 1. The van der Waals surface area contributed by atoms with Crippen LogP contribution in [0.5, 0.6) is 0 Å². The van der Waals surface area contributed by atoms with E-state index in [1.807, 2.05) is 0 Å². The van der Waals surface area contributed by atoms with Crippen LogP contribution in [0.4, 0.5) is 5.69 Å². The predicted molar refractivity (Wildman–Crippen MR) is 84.7 cm³/mol.